The van der Waals surface area contributed by atoms with Gasteiger partial charge in [-0.05, 0) is 13.3 Å². The van der Waals surface area contributed by atoms with Gasteiger partial charge < -0.3 is 14.4 Å². The Bertz CT molecular complexity index is 255. The minimum absolute atomic E-state index is 0.0182. The van der Waals surface area contributed by atoms with E-state index in [4.69, 9.17) is 4.74 Å². The second kappa shape index (κ2) is 8.06. The van der Waals surface area contributed by atoms with E-state index in [1.165, 1.54) is 7.11 Å². The lowest BCUT2D eigenvalue weighted by molar-refractivity contribution is -0.146. The summed E-state index contributed by atoms with van der Waals surface area (Å²) in [5.41, 5.74) is 0. The summed E-state index contributed by atoms with van der Waals surface area (Å²) in [6, 6.07) is 0. The monoisotopic (exact) mass is 245 g/mol. The fourth-order valence-electron chi connectivity index (χ4n) is 1.42. The minimum atomic E-state index is -0.297. The fraction of sp³-hybridized carbons (Fsp3) is 0.833. The summed E-state index contributed by atoms with van der Waals surface area (Å²) in [5, 5.41) is 0. The Labute approximate surface area is 103 Å². The number of nitrogens with zero attached hydrogens (tertiary/aromatic N) is 1. The summed E-state index contributed by atoms with van der Waals surface area (Å²) < 4.78 is 9.68. The highest BCUT2D eigenvalue weighted by Gasteiger charge is 2.18. The lowest BCUT2D eigenvalue weighted by atomic mass is 10.1. The highest BCUT2D eigenvalue weighted by molar-refractivity contribution is 5.77. The van der Waals surface area contributed by atoms with Gasteiger partial charge in [-0.3, -0.25) is 9.59 Å². The lowest BCUT2D eigenvalue weighted by Gasteiger charge is -2.21. The summed E-state index contributed by atoms with van der Waals surface area (Å²) in [4.78, 5) is 24.5. The number of carbonyl (C=O) groups excluding carboxylic acids is 2. The quantitative estimate of drug-likeness (QED) is 0.630. The number of methoxy groups -OCH3 is 2. The lowest BCUT2D eigenvalue weighted by Crippen LogP contribution is -2.34. The molecule has 0 rings (SSSR count). The molecule has 0 aliphatic rings. The second-order valence-corrected chi connectivity index (χ2v) is 4.28. The number of hydrogen-bond donors (Lipinski definition) is 0. The van der Waals surface area contributed by atoms with Gasteiger partial charge in [0.25, 0.3) is 0 Å². The molecule has 17 heavy (non-hydrogen) atoms. The zero-order valence-corrected chi connectivity index (χ0v) is 11.4. The standard InChI is InChI=1S/C12H23NO4/c1-9(12(15)17-5)8-13(3)11(14)7-6-10(2)16-4/h9-10H,6-8H2,1-5H3. The minimum Gasteiger partial charge on any atom is -0.469 e. The molecule has 0 spiro atoms. The Kier molecular flexibility index (Phi) is 7.54. The Morgan fingerprint density at radius 2 is 1.82 bits per heavy atom. The maximum absolute atomic E-state index is 11.7. The highest BCUT2D eigenvalue weighted by Crippen LogP contribution is 2.06. The number of amides is 1. The van der Waals surface area contributed by atoms with Crippen LogP contribution >= 0.6 is 0 Å². The van der Waals surface area contributed by atoms with E-state index in [1.54, 1.807) is 26.0 Å². The fourth-order valence-corrected chi connectivity index (χ4v) is 1.42. The van der Waals surface area contributed by atoms with Gasteiger partial charge in [0.15, 0.2) is 0 Å². The predicted octanol–water partition coefficient (Wildman–Crippen LogP) is 1.07. The Balaban J connectivity index is 4.01. The molecule has 2 atom stereocenters. The van der Waals surface area contributed by atoms with Crippen LogP contribution in [0.5, 0.6) is 0 Å². The van der Waals surface area contributed by atoms with Gasteiger partial charge in [0, 0.05) is 27.1 Å². The number of esters is 1. The summed E-state index contributed by atoms with van der Waals surface area (Å²) in [5.74, 6) is -0.576. The highest BCUT2D eigenvalue weighted by atomic mass is 16.5. The van der Waals surface area contributed by atoms with Crippen molar-refractivity contribution in [3.8, 4) is 0 Å². The molecule has 5 heteroatoms. The van der Waals surface area contributed by atoms with E-state index in [2.05, 4.69) is 4.74 Å². The van der Waals surface area contributed by atoms with Crippen molar-refractivity contribution in [2.24, 2.45) is 5.92 Å². The molecule has 0 saturated carbocycles. The van der Waals surface area contributed by atoms with Crippen molar-refractivity contribution < 1.29 is 19.1 Å². The van der Waals surface area contributed by atoms with E-state index < -0.39 is 0 Å². The van der Waals surface area contributed by atoms with Crippen LogP contribution in [0.15, 0.2) is 0 Å². The molecule has 1 amide bonds. The molecule has 0 saturated heterocycles. The van der Waals surface area contributed by atoms with E-state index in [9.17, 15) is 9.59 Å². The van der Waals surface area contributed by atoms with Gasteiger partial charge in [0.05, 0.1) is 19.1 Å². The number of carbonyl (C=O) groups is 2. The summed E-state index contributed by atoms with van der Waals surface area (Å²) in [7, 11) is 4.67. The Morgan fingerprint density at radius 3 is 2.29 bits per heavy atom. The normalized spacial score (nSPS) is 13.9. The smallest absolute Gasteiger partial charge is 0.310 e. The molecule has 2 unspecified atom stereocenters. The van der Waals surface area contributed by atoms with Gasteiger partial charge >= 0.3 is 5.97 Å². The molecule has 0 aliphatic carbocycles. The van der Waals surface area contributed by atoms with Crippen LogP contribution in [0.1, 0.15) is 26.7 Å². The first-order valence-corrected chi connectivity index (χ1v) is 5.77. The number of rotatable bonds is 7. The third-order valence-electron chi connectivity index (χ3n) is 2.74. The van der Waals surface area contributed by atoms with Crippen LogP contribution in [-0.4, -0.2) is 50.7 Å². The van der Waals surface area contributed by atoms with Crippen molar-refractivity contribution >= 4 is 11.9 Å². The van der Waals surface area contributed by atoms with E-state index in [1.807, 2.05) is 6.92 Å². The molecule has 0 N–H and O–H groups in total. The molecule has 0 bridgehead atoms. The van der Waals surface area contributed by atoms with E-state index in [0.717, 1.165) is 0 Å². The van der Waals surface area contributed by atoms with Crippen LogP contribution in [-0.2, 0) is 19.1 Å². The zero-order chi connectivity index (χ0) is 13.4. The molecular formula is C12H23NO4. The molecule has 100 valence electrons. The summed E-state index contributed by atoms with van der Waals surface area (Å²) in [6.45, 7) is 4.05. The predicted molar refractivity (Wildman–Crippen MR) is 64.5 cm³/mol. The summed E-state index contributed by atoms with van der Waals surface area (Å²) in [6.07, 6.45) is 1.19. The van der Waals surface area contributed by atoms with Crippen LogP contribution in [0.25, 0.3) is 0 Å². The van der Waals surface area contributed by atoms with Crippen LogP contribution in [0.4, 0.5) is 0 Å². The van der Waals surface area contributed by atoms with Crippen molar-refractivity contribution in [1.29, 1.82) is 0 Å². The third kappa shape index (κ3) is 6.26. The first-order chi connectivity index (χ1) is 7.92. The molecule has 0 fully saturated rings. The van der Waals surface area contributed by atoms with Crippen molar-refractivity contribution in [3.63, 3.8) is 0 Å². The molecule has 0 aromatic rings. The average molecular weight is 245 g/mol. The summed E-state index contributed by atoms with van der Waals surface area (Å²) >= 11 is 0. The van der Waals surface area contributed by atoms with Gasteiger partial charge in [-0.25, -0.2) is 0 Å². The van der Waals surface area contributed by atoms with Crippen LogP contribution < -0.4 is 0 Å². The molecule has 0 radical (unpaired) electrons. The van der Waals surface area contributed by atoms with Crippen LogP contribution in [0, 0.1) is 5.92 Å². The van der Waals surface area contributed by atoms with Gasteiger partial charge in [-0.2, -0.15) is 0 Å². The third-order valence-corrected chi connectivity index (χ3v) is 2.74. The molecule has 0 aromatic carbocycles. The van der Waals surface area contributed by atoms with Crippen molar-refractivity contribution in [2.75, 3.05) is 27.8 Å². The van der Waals surface area contributed by atoms with Crippen LogP contribution in [0.3, 0.4) is 0 Å². The van der Waals surface area contributed by atoms with E-state index in [-0.39, 0.29) is 23.9 Å². The molecular weight excluding hydrogens is 222 g/mol. The maximum atomic E-state index is 11.7. The van der Waals surface area contributed by atoms with Crippen molar-refractivity contribution in [2.45, 2.75) is 32.8 Å². The Morgan fingerprint density at radius 1 is 1.24 bits per heavy atom. The van der Waals surface area contributed by atoms with E-state index in [0.29, 0.717) is 19.4 Å². The first kappa shape index (κ1) is 15.9. The van der Waals surface area contributed by atoms with Gasteiger partial charge in [-0.1, -0.05) is 6.92 Å². The molecule has 0 heterocycles. The van der Waals surface area contributed by atoms with Gasteiger partial charge in [0.2, 0.25) is 5.91 Å². The van der Waals surface area contributed by atoms with Crippen LogP contribution in [0.2, 0.25) is 0 Å². The maximum Gasteiger partial charge on any atom is 0.310 e. The zero-order valence-electron chi connectivity index (χ0n) is 11.4. The van der Waals surface area contributed by atoms with Gasteiger partial charge in [-0.15, -0.1) is 0 Å². The number of hydrogen-bond acceptors (Lipinski definition) is 4. The average Bonchev–Trinajstić information content (AvgIpc) is 2.33. The van der Waals surface area contributed by atoms with E-state index >= 15 is 0 Å². The van der Waals surface area contributed by atoms with Crippen molar-refractivity contribution in [3.05, 3.63) is 0 Å². The topological polar surface area (TPSA) is 55.8 Å². The second-order valence-electron chi connectivity index (χ2n) is 4.28. The number of ether oxygens (including phenoxy) is 2. The molecule has 0 aliphatic heterocycles. The van der Waals surface area contributed by atoms with Crippen molar-refractivity contribution in [1.82, 2.24) is 4.90 Å². The molecule has 5 nitrogen and oxygen atoms in total. The molecule has 0 aromatic heterocycles. The Hall–Kier alpha value is -1.10. The van der Waals surface area contributed by atoms with Gasteiger partial charge in [0.1, 0.15) is 0 Å². The SMILES string of the molecule is COC(=O)C(C)CN(C)C(=O)CCC(C)OC. The first-order valence-electron chi connectivity index (χ1n) is 5.77. The largest absolute Gasteiger partial charge is 0.469 e.